The van der Waals surface area contributed by atoms with Crippen molar-refractivity contribution >= 4 is 6.29 Å². The van der Waals surface area contributed by atoms with Gasteiger partial charge in [-0.3, -0.25) is 0 Å². The number of rotatable bonds is 3. The summed E-state index contributed by atoms with van der Waals surface area (Å²) in [7, 11) is 0. The smallest absolute Gasteiger partial charge is 0.259 e. The summed E-state index contributed by atoms with van der Waals surface area (Å²) in [6.45, 7) is 3.85. The molecular formula is C7H12F2O. The van der Waals surface area contributed by atoms with Crippen molar-refractivity contribution in [1.82, 2.24) is 0 Å². The van der Waals surface area contributed by atoms with Gasteiger partial charge in [-0.1, -0.05) is 6.92 Å². The Balaban J connectivity index is 4.43. The van der Waals surface area contributed by atoms with Crippen LogP contribution in [0.2, 0.25) is 0 Å². The zero-order valence-electron chi connectivity index (χ0n) is 6.45. The average molecular weight is 150 g/mol. The Kier molecular flexibility index (Phi) is 2.52. The lowest BCUT2D eigenvalue weighted by Gasteiger charge is -2.27. The minimum atomic E-state index is -2.88. The fourth-order valence-electron chi connectivity index (χ4n) is 0.542. The van der Waals surface area contributed by atoms with Crippen molar-refractivity contribution in [2.24, 2.45) is 5.41 Å². The lowest BCUT2D eigenvalue weighted by molar-refractivity contribution is -0.141. The fourth-order valence-corrected chi connectivity index (χ4v) is 0.542. The van der Waals surface area contributed by atoms with E-state index in [-0.39, 0.29) is 6.42 Å². The van der Waals surface area contributed by atoms with Gasteiger partial charge in [0.2, 0.25) is 0 Å². The van der Waals surface area contributed by atoms with Crippen LogP contribution in [0, 0.1) is 5.41 Å². The second-order valence-electron chi connectivity index (χ2n) is 2.90. The molecule has 0 aromatic heterocycles. The number of alkyl halides is 2. The fraction of sp³-hybridized carbons (Fsp3) is 0.857. The first-order valence-corrected chi connectivity index (χ1v) is 3.21. The van der Waals surface area contributed by atoms with Gasteiger partial charge in [0.25, 0.3) is 5.92 Å². The van der Waals surface area contributed by atoms with Crippen molar-refractivity contribution in [3.05, 3.63) is 0 Å². The molecule has 60 valence electrons. The predicted octanol–water partition coefficient (Wildman–Crippen LogP) is 2.26. The zero-order valence-corrected chi connectivity index (χ0v) is 6.45. The second-order valence-corrected chi connectivity index (χ2v) is 2.90. The molecule has 0 spiro atoms. The van der Waals surface area contributed by atoms with Crippen molar-refractivity contribution in [3.63, 3.8) is 0 Å². The number of hydrogen-bond acceptors (Lipinski definition) is 1. The van der Waals surface area contributed by atoms with Gasteiger partial charge in [-0.15, -0.1) is 0 Å². The number of carbonyl (C=O) groups is 1. The second kappa shape index (κ2) is 2.64. The molecule has 0 atom stereocenters. The van der Waals surface area contributed by atoms with Crippen molar-refractivity contribution in [2.45, 2.75) is 33.1 Å². The number of aldehydes is 1. The van der Waals surface area contributed by atoms with E-state index in [1.54, 1.807) is 0 Å². The lowest BCUT2D eigenvalue weighted by Crippen LogP contribution is -2.36. The van der Waals surface area contributed by atoms with E-state index >= 15 is 0 Å². The minimum Gasteiger partial charge on any atom is -0.303 e. The van der Waals surface area contributed by atoms with Crippen LogP contribution in [-0.4, -0.2) is 12.2 Å². The summed E-state index contributed by atoms with van der Waals surface area (Å²) < 4.78 is 25.4. The highest BCUT2D eigenvalue weighted by atomic mass is 19.3. The molecule has 0 amide bonds. The van der Waals surface area contributed by atoms with E-state index in [0.29, 0.717) is 6.29 Å². The van der Waals surface area contributed by atoms with Crippen LogP contribution in [0.25, 0.3) is 0 Å². The van der Waals surface area contributed by atoms with Gasteiger partial charge in [0, 0.05) is 6.42 Å². The maximum Gasteiger partial charge on any atom is 0.259 e. The highest BCUT2D eigenvalue weighted by Crippen LogP contribution is 2.36. The Morgan fingerprint density at radius 2 is 1.80 bits per heavy atom. The summed E-state index contributed by atoms with van der Waals surface area (Å²) in [4.78, 5) is 10.2. The largest absolute Gasteiger partial charge is 0.303 e. The van der Waals surface area contributed by atoms with E-state index in [1.807, 2.05) is 0 Å². The summed E-state index contributed by atoms with van der Waals surface area (Å²) >= 11 is 0. The molecule has 0 heterocycles. The molecule has 0 aliphatic carbocycles. The van der Waals surface area contributed by atoms with Crippen molar-refractivity contribution in [3.8, 4) is 0 Å². The van der Waals surface area contributed by atoms with Gasteiger partial charge in [0.05, 0.1) is 5.41 Å². The van der Waals surface area contributed by atoms with E-state index in [0.717, 1.165) is 0 Å². The van der Waals surface area contributed by atoms with Crippen LogP contribution in [0.4, 0.5) is 8.78 Å². The first-order chi connectivity index (χ1) is 4.37. The standard InChI is InChI=1S/C7H12F2O/c1-4-7(8,9)6(2,3)5-10/h5H,4H2,1-3H3. The van der Waals surface area contributed by atoms with Crippen molar-refractivity contribution in [2.75, 3.05) is 0 Å². The van der Waals surface area contributed by atoms with E-state index < -0.39 is 11.3 Å². The third-order valence-electron chi connectivity index (χ3n) is 1.68. The quantitative estimate of drug-likeness (QED) is 0.564. The van der Waals surface area contributed by atoms with Crippen LogP contribution in [0.1, 0.15) is 27.2 Å². The third kappa shape index (κ3) is 1.52. The van der Waals surface area contributed by atoms with Gasteiger partial charge in [0.1, 0.15) is 6.29 Å². The summed E-state index contributed by atoms with van der Waals surface area (Å²) in [6.07, 6.45) is 0.00917. The molecule has 0 aromatic carbocycles. The van der Waals surface area contributed by atoms with Crippen molar-refractivity contribution in [1.29, 1.82) is 0 Å². The summed E-state index contributed by atoms with van der Waals surface area (Å²) in [6, 6.07) is 0. The highest BCUT2D eigenvalue weighted by molar-refractivity contribution is 5.59. The molecule has 0 unspecified atom stereocenters. The summed E-state index contributed by atoms with van der Waals surface area (Å²) in [5.74, 6) is -2.88. The number of carbonyl (C=O) groups excluding carboxylic acids is 1. The molecule has 0 saturated carbocycles. The van der Waals surface area contributed by atoms with Gasteiger partial charge in [-0.2, -0.15) is 0 Å². The van der Waals surface area contributed by atoms with Crippen LogP contribution < -0.4 is 0 Å². The first-order valence-electron chi connectivity index (χ1n) is 3.21. The molecular weight excluding hydrogens is 138 g/mol. The zero-order chi connectivity index (χ0) is 8.41. The summed E-state index contributed by atoms with van der Waals surface area (Å²) in [5, 5.41) is 0. The molecule has 0 rings (SSSR count). The molecule has 0 N–H and O–H groups in total. The lowest BCUT2D eigenvalue weighted by atomic mass is 9.86. The van der Waals surface area contributed by atoms with E-state index in [1.165, 1.54) is 20.8 Å². The van der Waals surface area contributed by atoms with E-state index in [4.69, 9.17) is 0 Å². The molecule has 0 bridgehead atoms. The Bertz CT molecular complexity index is 130. The Labute approximate surface area is 59.4 Å². The molecule has 3 heteroatoms. The molecule has 0 aliphatic rings. The van der Waals surface area contributed by atoms with Crippen LogP contribution in [0.15, 0.2) is 0 Å². The van der Waals surface area contributed by atoms with Crippen LogP contribution in [0.3, 0.4) is 0 Å². The molecule has 0 radical (unpaired) electrons. The maximum absolute atomic E-state index is 12.7. The SMILES string of the molecule is CCC(F)(F)C(C)(C)C=O. The first kappa shape index (κ1) is 9.53. The summed E-state index contributed by atoms with van der Waals surface area (Å²) in [5.41, 5.74) is -1.53. The Morgan fingerprint density at radius 1 is 1.40 bits per heavy atom. The van der Waals surface area contributed by atoms with Gasteiger partial charge < -0.3 is 4.79 Å². The molecule has 0 fully saturated rings. The van der Waals surface area contributed by atoms with Crippen LogP contribution in [-0.2, 0) is 4.79 Å². The van der Waals surface area contributed by atoms with E-state index in [2.05, 4.69) is 0 Å². The van der Waals surface area contributed by atoms with Gasteiger partial charge in [-0.25, -0.2) is 8.78 Å². The average Bonchev–Trinajstić information content (AvgIpc) is 1.88. The number of hydrogen-bond donors (Lipinski definition) is 0. The Morgan fingerprint density at radius 3 is 1.90 bits per heavy atom. The Hall–Kier alpha value is -0.470. The molecule has 0 saturated heterocycles. The van der Waals surface area contributed by atoms with Gasteiger partial charge in [0.15, 0.2) is 0 Å². The van der Waals surface area contributed by atoms with Crippen LogP contribution >= 0.6 is 0 Å². The monoisotopic (exact) mass is 150 g/mol. The van der Waals surface area contributed by atoms with Gasteiger partial charge in [-0.05, 0) is 13.8 Å². The minimum absolute atomic E-state index is 0.293. The normalized spacial score (nSPS) is 13.3. The predicted molar refractivity (Wildman–Crippen MR) is 35.1 cm³/mol. The molecule has 0 aromatic rings. The topological polar surface area (TPSA) is 17.1 Å². The van der Waals surface area contributed by atoms with Gasteiger partial charge >= 0.3 is 0 Å². The van der Waals surface area contributed by atoms with Crippen LogP contribution in [0.5, 0.6) is 0 Å². The molecule has 0 aliphatic heterocycles. The number of halogens is 2. The highest BCUT2D eigenvalue weighted by Gasteiger charge is 2.44. The van der Waals surface area contributed by atoms with E-state index in [9.17, 15) is 13.6 Å². The third-order valence-corrected chi connectivity index (χ3v) is 1.68. The molecule has 1 nitrogen and oxygen atoms in total. The maximum atomic E-state index is 12.7. The molecule has 10 heavy (non-hydrogen) atoms. The van der Waals surface area contributed by atoms with Crippen molar-refractivity contribution < 1.29 is 13.6 Å².